The number of aliphatic hydroxyl groups excluding tert-OH is 1. The highest BCUT2D eigenvalue weighted by Gasteiger charge is 2.22. The maximum Gasteiger partial charge on any atom is 0.339 e. The van der Waals surface area contributed by atoms with Crippen molar-refractivity contribution < 1.29 is 28.9 Å². The van der Waals surface area contributed by atoms with Gasteiger partial charge < -0.3 is 19.7 Å². The Morgan fingerprint density at radius 3 is 2.71 bits per heavy atom. The lowest BCUT2D eigenvalue weighted by molar-refractivity contribution is -0.153. The third kappa shape index (κ3) is 2.85. The first-order valence-electron chi connectivity index (χ1n) is 4.92. The Kier molecular flexibility index (Phi) is 4.28. The fraction of sp³-hybridized carbons (Fsp3) is 0.364. The number of methoxy groups -OCH3 is 1. The van der Waals surface area contributed by atoms with Crippen molar-refractivity contribution in [1.82, 2.24) is 0 Å². The summed E-state index contributed by atoms with van der Waals surface area (Å²) in [6.07, 6.45) is -1.61. The molecule has 2 N–H and O–H groups in total. The number of phenolic OH excluding ortho intramolecular Hbond substituents is 1. The van der Waals surface area contributed by atoms with Gasteiger partial charge in [0.2, 0.25) is 0 Å². The Labute approximate surface area is 97.4 Å². The smallest absolute Gasteiger partial charge is 0.339 e. The number of carbonyl (C=O) groups is 1. The average molecular weight is 244 g/mol. The number of aliphatic hydroxyl groups is 1. The number of rotatable bonds is 4. The molecule has 1 atom stereocenters. The van der Waals surface area contributed by atoms with Crippen LogP contribution in [0.4, 0.5) is 4.39 Å². The predicted molar refractivity (Wildman–Crippen MR) is 56.2 cm³/mol. The first-order chi connectivity index (χ1) is 8.01. The Morgan fingerprint density at radius 1 is 1.53 bits per heavy atom. The lowest BCUT2D eigenvalue weighted by Gasteiger charge is -2.12. The molecule has 5 nitrogen and oxygen atoms in total. The molecule has 0 aliphatic heterocycles. The minimum atomic E-state index is -1.61. The van der Waals surface area contributed by atoms with E-state index >= 15 is 0 Å². The van der Waals surface area contributed by atoms with Gasteiger partial charge in [0.15, 0.2) is 23.4 Å². The van der Waals surface area contributed by atoms with Crippen LogP contribution in [0.2, 0.25) is 0 Å². The van der Waals surface area contributed by atoms with Crippen molar-refractivity contribution >= 4 is 5.97 Å². The zero-order valence-corrected chi connectivity index (χ0v) is 9.44. The summed E-state index contributed by atoms with van der Waals surface area (Å²) < 4.78 is 22.5. The lowest BCUT2D eigenvalue weighted by atomic mass is 10.1. The molecule has 0 aromatic heterocycles. The SMILES string of the molecule is CCOC(=O)C(O)c1cc(F)c(O)c(OC)c1. The van der Waals surface area contributed by atoms with Gasteiger partial charge in [-0.2, -0.15) is 0 Å². The molecule has 0 saturated heterocycles. The van der Waals surface area contributed by atoms with E-state index in [-0.39, 0.29) is 17.9 Å². The molecular formula is C11H13FO5. The van der Waals surface area contributed by atoms with Crippen molar-refractivity contribution in [3.05, 3.63) is 23.5 Å². The normalized spacial score (nSPS) is 12.0. The van der Waals surface area contributed by atoms with Gasteiger partial charge in [-0.05, 0) is 24.6 Å². The van der Waals surface area contributed by atoms with E-state index in [0.717, 1.165) is 6.07 Å². The fourth-order valence-electron chi connectivity index (χ4n) is 1.26. The molecule has 0 bridgehead atoms. The molecule has 0 aliphatic rings. The zero-order valence-electron chi connectivity index (χ0n) is 9.44. The largest absolute Gasteiger partial charge is 0.502 e. The van der Waals surface area contributed by atoms with Crippen molar-refractivity contribution in [2.24, 2.45) is 0 Å². The van der Waals surface area contributed by atoms with Crippen LogP contribution in [-0.2, 0) is 9.53 Å². The van der Waals surface area contributed by atoms with Gasteiger partial charge in [-0.3, -0.25) is 0 Å². The van der Waals surface area contributed by atoms with Crippen LogP contribution in [0.5, 0.6) is 11.5 Å². The highest BCUT2D eigenvalue weighted by atomic mass is 19.1. The molecule has 1 aromatic rings. The van der Waals surface area contributed by atoms with Crippen LogP contribution in [-0.4, -0.2) is 29.9 Å². The van der Waals surface area contributed by atoms with Gasteiger partial charge in [-0.15, -0.1) is 0 Å². The summed E-state index contributed by atoms with van der Waals surface area (Å²) in [4.78, 5) is 11.2. The molecule has 1 rings (SSSR count). The molecule has 94 valence electrons. The molecule has 17 heavy (non-hydrogen) atoms. The highest BCUT2D eigenvalue weighted by molar-refractivity contribution is 5.76. The Bertz CT molecular complexity index is 419. The van der Waals surface area contributed by atoms with Crippen LogP contribution in [0.1, 0.15) is 18.6 Å². The van der Waals surface area contributed by atoms with Gasteiger partial charge in [-0.1, -0.05) is 0 Å². The number of esters is 1. The summed E-state index contributed by atoms with van der Waals surface area (Å²) in [6.45, 7) is 1.69. The van der Waals surface area contributed by atoms with Crippen molar-refractivity contribution in [1.29, 1.82) is 0 Å². The van der Waals surface area contributed by atoms with Gasteiger partial charge in [0.05, 0.1) is 13.7 Å². The first kappa shape index (κ1) is 13.2. The van der Waals surface area contributed by atoms with E-state index in [2.05, 4.69) is 4.74 Å². The molecule has 6 heteroatoms. The van der Waals surface area contributed by atoms with Crippen molar-refractivity contribution in [2.45, 2.75) is 13.0 Å². The van der Waals surface area contributed by atoms with Crippen LogP contribution in [0.15, 0.2) is 12.1 Å². The maximum absolute atomic E-state index is 13.2. The number of hydrogen-bond donors (Lipinski definition) is 2. The highest BCUT2D eigenvalue weighted by Crippen LogP contribution is 2.32. The number of halogens is 1. The van der Waals surface area contributed by atoms with Crippen molar-refractivity contribution in [3.8, 4) is 11.5 Å². The zero-order chi connectivity index (χ0) is 13.0. The summed E-state index contributed by atoms with van der Waals surface area (Å²) in [5.74, 6) is -2.71. The standard InChI is InChI=1S/C11H13FO5/c1-3-17-11(15)9(13)6-4-7(12)10(14)8(5-6)16-2/h4-5,9,13-14H,3H2,1-2H3. The van der Waals surface area contributed by atoms with E-state index in [9.17, 15) is 19.4 Å². The van der Waals surface area contributed by atoms with Gasteiger partial charge in [0.1, 0.15) is 0 Å². The van der Waals surface area contributed by atoms with E-state index in [0.29, 0.717) is 0 Å². The maximum atomic E-state index is 13.2. The quantitative estimate of drug-likeness (QED) is 0.777. The van der Waals surface area contributed by atoms with E-state index in [1.54, 1.807) is 6.92 Å². The Balaban J connectivity index is 3.06. The summed E-state index contributed by atoms with van der Waals surface area (Å²) in [7, 11) is 1.23. The van der Waals surface area contributed by atoms with Gasteiger partial charge in [0.25, 0.3) is 0 Å². The molecule has 1 aromatic carbocycles. The summed E-state index contributed by atoms with van der Waals surface area (Å²) in [6, 6.07) is 2.01. The predicted octanol–water partition coefficient (Wildman–Crippen LogP) is 1.14. The molecule has 0 saturated carbocycles. The molecule has 0 aliphatic carbocycles. The Morgan fingerprint density at radius 2 is 2.18 bits per heavy atom. The molecule has 0 fully saturated rings. The third-order valence-corrected chi connectivity index (χ3v) is 2.10. The second-order valence-corrected chi connectivity index (χ2v) is 3.21. The number of carbonyl (C=O) groups excluding carboxylic acids is 1. The van der Waals surface area contributed by atoms with Crippen LogP contribution in [0.25, 0.3) is 0 Å². The number of ether oxygens (including phenoxy) is 2. The molecule has 0 heterocycles. The van der Waals surface area contributed by atoms with Gasteiger partial charge in [-0.25, -0.2) is 9.18 Å². The molecular weight excluding hydrogens is 231 g/mol. The number of hydrogen-bond acceptors (Lipinski definition) is 5. The monoisotopic (exact) mass is 244 g/mol. The number of benzene rings is 1. The van der Waals surface area contributed by atoms with E-state index < -0.39 is 23.6 Å². The van der Waals surface area contributed by atoms with Crippen LogP contribution < -0.4 is 4.74 Å². The Hall–Kier alpha value is -1.82. The van der Waals surface area contributed by atoms with E-state index in [1.807, 2.05) is 0 Å². The number of phenols is 1. The van der Waals surface area contributed by atoms with Gasteiger partial charge >= 0.3 is 5.97 Å². The summed E-state index contributed by atoms with van der Waals surface area (Å²) in [5, 5.41) is 18.8. The minimum Gasteiger partial charge on any atom is -0.502 e. The molecule has 0 spiro atoms. The topological polar surface area (TPSA) is 76.0 Å². The van der Waals surface area contributed by atoms with Crippen LogP contribution in [0.3, 0.4) is 0 Å². The van der Waals surface area contributed by atoms with Crippen molar-refractivity contribution in [3.63, 3.8) is 0 Å². The second kappa shape index (κ2) is 5.49. The summed E-state index contributed by atoms with van der Waals surface area (Å²) >= 11 is 0. The van der Waals surface area contributed by atoms with E-state index in [4.69, 9.17) is 4.74 Å². The van der Waals surface area contributed by atoms with Gasteiger partial charge in [0, 0.05) is 0 Å². The second-order valence-electron chi connectivity index (χ2n) is 3.21. The van der Waals surface area contributed by atoms with E-state index in [1.165, 1.54) is 13.2 Å². The average Bonchev–Trinajstić information content (AvgIpc) is 2.31. The third-order valence-electron chi connectivity index (χ3n) is 2.10. The lowest BCUT2D eigenvalue weighted by Crippen LogP contribution is -2.15. The van der Waals surface area contributed by atoms with Crippen molar-refractivity contribution in [2.75, 3.05) is 13.7 Å². The first-order valence-corrected chi connectivity index (χ1v) is 4.92. The van der Waals surface area contributed by atoms with Crippen LogP contribution >= 0.6 is 0 Å². The van der Waals surface area contributed by atoms with Crippen LogP contribution in [0, 0.1) is 5.82 Å². The molecule has 0 amide bonds. The number of aromatic hydroxyl groups is 1. The minimum absolute atomic E-state index is 0.0457. The molecule has 0 radical (unpaired) electrons. The fourth-order valence-corrected chi connectivity index (χ4v) is 1.26. The summed E-state index contributed by atoms with van der Waals surface area (Å²) in [5.41, 5.74) is -0.0457. The molecule has 1 unspecified atom stereocenters.